The molecule has 0 spiro atoms. The molecule has 1 unspecified atom stereocenters. The van der Waals surface area contributed by atoms with Crippen LogP contribution in [-0.2, 0) is 10.3 Å². The van der Waals surface area contributed by atoms with E-state index in [9.17, 15) is 5.26 Å². The van der Waals surface area contributed by atoms with E-state index in [-0.39, 0.29) is 0 Å². The quantitative estimate of drug-likeness (QED) is 0.752. The Hall–Kier alpha value is -1.37. The van der Waals surface area contributed by atoms with Crippen LogP contribution in [0.3, 0.4) is 0 Å². The summed E-state index contributed by atoms with van der Waals surface area (Å²) >= 11 is 0. The fourth-order valence-electron chi connectivity index (χ4n) is 1.86. The summed E-state index contributed by atoms with van der Waals surface area (Å²) in [5, 5.41) is 12.6. The second-order valence-corrected chi connectivity index (χ2v) is 4.85. The fourth-order valence-corrected chi connectivity index (χ4v) is 1.86. The second-order valence-electron chi connectivity index (χ2n) is 4.85. The van der Waals surface area contributed by atoms with Gasteiger partial charge in [0.05, 0.1) is 6.07 Å². The number of rotatable bonds is 7. The Morgan fingerprint density at radius 1 is 1.33 bits per heavy atom. The molecule has 1 atom stereocenters. The average Bonchev–Trinajstić information content (AvgIpc) is 2.40. The van der Waals surface area contributed by atoms with Crippen LogP contribution in [0.15, 0.2) is 30.3 Å². The van der Waals surface area contributed by atoms with Gasteiger partial charge in [0, 0.05) is 19.6 Å². The number of nitrogens with one attached hydrogen (secondary N) is 1. The highest BCUT2D eigenvalue weighted by Gasteiger charge is 2.29. The summed E-state index contributed by atoms with van der Waals surface area (Å²) < 4.78 is 5.58. The SMILES string of the molecule is CNC(C#N)(CCOCC(C)C)c1ccccc1. The Morgan fingerprint density at radius 2 is 2.00 bits per heavy atom. The van der Waals surface area contributed by atoms with Crippen molar-refractivity contribution < 1.29 is 4.74 Å². The van der Waals surface area contributed by atoms with Crippen LogP contribution in [0, 0.1) is 17.2 Å². The van der Waals surface area contributed by atoms with E-state index in [1.54, 1.807) is 0 Å². The summed E-state index contributed by atoms with van der Waals surface area (Å²) in [5.41, 5.74) is 0.335. The Balaban J connectivity index is 2.68. The smallest absolute Gasteiger partial charge is 0.134 e. The number of hydrogen-bond donors (Lipinski definition) is 1. The zero-order valence-electron chi connectivity index (χ0n) is 11.4. The van der Waals surface area contributed by atoms with Crippen LogP contribution in [0.1, 0.15) is 25.8 Å². The maximum absolute atomic E-state index is 9.47. The van der Waals surface area contributed by atoms with Gasteiger partial charge in [-0.2, -0.15) is 5.26 Å². The van der Waals surface area contributed by atoms with Crippen molar-refractivity contribution in [2.24, 2.45) is 5.92 Å². The minimum atomic E-state index is -0.655. The van der Waals surface area contributed by atoms with E-state index < -0.39 is 5.54 Å². The van der Waals surface area contributed by atoms with Crippen LogP contribution in [0.4, 0.5) is 0 Å². The van der Waals surface area contributed by atoms with Gasteiger partial charge in [-0.05, 0) is 18.5 Å². The average molecular weight is 246 g/mol. The molecule has 18 heavy (non-hydrogen) atoms. The molecule has 0 radical (unpaired) electrons. The van der Waals surface area contributed by atoms with Crippen molar-refractivity contribution in [2.45, 2.75) is 25.8 Å². The van der Waals surface area contributed by atoms with E-state index in [0.717, 1.165) is 12.2 Å². The predicted octanol–water partition coefficient (Wildman–Crippen LogP) is 2.69. The summed E-state index contributed by atoms with van der Waals surface area (Å²) in [6.45, 7) is 5.56. The van der Waals surface area contributed by atoms with E-state index in [1.165, 1.54) is 0 Å². The van der Waals surface area contributed by atoms with Gasteiger partial charge in [-0.25, -0.2) is 0 Å². The lowest BCUT2D eigenvalue weighted by molar-refractivity contribution is 0.0953. The summed E-state index contributed by atoms with van der Waals surface area (Å²) in [6, 6.07) is 12.2. The molecule has 1 rings (SSSR count). The molecular weight excluding hydrogens is 224 g/mol. The minimum absolute atomic E-state index is 0.521. The number of hydrogen-bond acceptors (Lipinski definition) is 3. The van der Waals surface area contributed by atoms with Crippen molar-refractivity contribution in [1.29, 1.82) is 5.26 Å². The summed E-state index contributed by atoms with van der Waals surface area (Å²) in [6.07, 6.45) is 0.650. The fraction of sp³-hybridized carbons (Fsp3) is 0.533. The first-order chi connectivity index (χ1) is 8.64. The topological polar surface area (TPSA) is 45.0 Å². The van der Waals surface area contributed by atoms with Crippen molar-refractivity contribution >= 4 is 0 Å². The molecule has 1 aromatic rings. The van der Waals surface area contributed by atoms with Crippen molar-refractivity contribution in [3.8, 4) is 6.07 Å². The first-order valence-corrected chi connectivity index (χ1v) is 6.38. The van der Waals surface area contributed by atoms with Crippen LogP contribution < -0.4 is 5.32 Å². The van der Waals surface area contributed by atoms with Crippen molar-refractivity contribution in [3.05, 3.63) is 35.9 Å². The highest BCUT2D eigenvalue weighted by Crippen LogP contribution is 2.23. The third-order valence-electron chi connectivity index (χ3n) is 2.96. The molecule has 1 aromatic carbocycles. The molecule has 3 heteroatoms. The highest BCUT2D eigenvalue weighted by atomic mass is 16.5. The van der Waals surface area contributed by atoms with Crippen LogP contribution >= 0.6 is 0 Å². The Labute approximate surface area is 110 Å². The van der Waals surface area contributed by atoms with Crippen LogP contribution in [0.5, 0.6) is 0 Å². The highest BCUT2D eigenvalue weighted by molar-refractivity contribution is 5.31. The molecule has 0 aromatic heterocycles. The van der Waals surface area contributed by atoms with Gasteiger partial charge in [0.25, 0.3) is 0 Å². The third-order valence-corrected chi connectivity index (χ3v) is 2.96. The zero-order chi connectivity index (χ0) is 13.4. The lowest BCUT2D eigenvalue weighted by atomic mass is 9.88. The standard InChI is InChI=1S/C15H22N2O/c1-13(2)11-18-10-9-15(12-16,17-3)14-7-5-4-6-8-14/h4-8,13,17H,9-11H2,1-3H3. The molecular formula is C15H22N2O. The monoisotopic (exact) mass is 246 g/mol. The van der Waals surface area contributed by atoms with E-state index in [0.29, 0.717) is 18.9 Å². The molecule has 0 aliphatic carbocycles. The molecule has 0 aliphatic heterocycles. The van der Waals surface area contributed by atoms with Gasteiger partial charge in [-0.1, -0.05) is 44.2 Å². The third kappa shape index (κ3) is 3.83. The molecule has 98 valence electrons. The van der Waals surface area contributed by atoms with Gasteiger partial charge in [-0.15, -0.1) is 0 Å². The molecule has 0 bridgehead atoms. The molecule has 0 saturated carbocycles. The van der Waals surface area contributed by atoms with Gasteiger partial charge in [-0.3, -0.25) is 5.32 Å². The zero-order valence-corrected chi connectivity index (χ0v) is 11.4. The normalized spacial score (nSPS) is 14.2. The van der Waals surface area contributed by atoms with Gasteiger partial charge in [0.2, 0.25) is 0 Å². The van der Waals surface area contributed by atoms with Gasteiger partial charge >= 0.3 is 0 Å². The predicted molar refractivity (Wildman–Crippen MR) is 73.1 cm³/mol. The maximum Gasteiger partial charge on any atom is 0.134 e. The Bertz CT molecular complexity index is 383. The first kappa shape index (κ1) is 14.7. The number of ether oxygens (including phenoxy) is 1. The number of benzene rings is 1. The molecule has 0 heterocycles. The lowest BCUT2D eigenvalue weighted by Crippen LogP contribution is -2.39. The van der Waals surface area contributed by atoms with E-state index in [4.69, 9.17) is 4.74 Å². The van der Waals surface area contributed by atoms with Crippen molar-refractivity contribution in [3.63, 3.8) is 0 Å². The molecule has 1 N–H and O–H groups in total. The molecule has 3 nitrogen and oxygen atoms in total. The molecule has 0 aliphatic rings. The van der Waals surface area contributed by atoms with Gasteiger partial charge in [0.1, 0.15) is 5.54 Å². The summed E-state index contributed by atoms with van der Waals surface area (Å²) in [5.74, 6) is 0.521. The molecule has 0 amide bonds. The Morgan fingerprint density at radius 3 is 2.50 bits per heavy atom. The van der Waals surface area contributed by atoms with Crippen molar-refractivity contribution in [2.75, 3.05) is 20.3 Å². The lowest BCUT2D eigenvalue weighted by Gasteiger charge is -2.26. The largest absolute Gasteiger partial charge is 0.381 e. The number of nitrogens with zero attached hydrogens (tertiary/aromatic N) is 1. The van der Waals surface area contributed by atoms with Crippen LogP contribution in [0.2, 0.25) is 0 Å². The maximum atomic E-state index is 9.47. The van der Waals surface area contributed by atoms with E-state index in [1.807, 2.05) is 37.4 Å². The second kappa shape index (κ2) is 7.15. The van der Waals surface area contributed by atoms with E-state index in [2.05, 4.69) is 25.2 Å². The first-order valence-electron chi connectivity index (χ1n) is 6.38. The minimum Gasteiger partial charge on any atom is -0.381 e. The van der Waals surface area contributed by atoms with Crippen LogP contribution in [0.25, 0.3) is 0 Å². The van der Waals surface area contributed by atoms with Gasteiger partial charge in [0.15, 0.2) is 0 Å². The summed E-state index contributed by atoms with van der Waals surface area (Å²) in [4.78, 5) is 0. The molecule has 0 saturated heterocycles. The van der Waals surface area contributed by atoms with Crippen molar-refractivity contribution in [1.82, 2.24) is 5.32 Å². The number of nitriles is 1. The van der Waals surface area contributed by atoms with Crippen LogP contribution in [-0.4, -0.2) is 20.3 Å². The Kier molecular flexibility index (Phi) is 5.84. The van der Waals surface area contributed by atoms with Gasteiger partial charge < -0.3 is 4.74 Å². The molecule has 0 fully saturated rings. The van der Waals surface area contributed by atoms with E-state index >= 15 is 0 Å². The summed E-state index contributed by atoms with van der Waals surface area (Å²) in [7, 11) is 1.82.